The highest BCUT2D eigenvalue weighted by atomic mass is 16.4. The number of primary amides is 1. The maximum Gasteiger partial charge on any atom is 0.325 e. The second-order valence-electron chi connectivity index (χ2n) is 16.1. The van der Waals surface area contributed by atoms with Crippen LogP contribution >= 0.6 is 0 Å². The van der Waals surface area contributed by atoms with Crippen LogP contribution in [0.15, 0.2) is 35.5 Å². The Hall–Kier alpha value is -6.25. The van der Waals surface area contributed by atoms with Gasteiger partial charge in [-0.15, -0.1) is 0 Å². The first kappa shape index (κ1) is 49.1. The SMILES string of the molecule is CC(C)C[C@H](NC(=O)[C@H](CC(N)=O)NC(=O)[C@@H]1CCCN1C(=O)[C@H](CCCN=C(N)N)NC(=O)[C@@H](N)Cc1c[nH]c2ccccc12)C(=O)N[C@H](C(=O)N[C@@H](C)C(=O)O)C(C)C. The lowest BCUT2D eigenvalue weighted by Gasteiger charge is -2.31. The van der Waals surface area contributed by atoms with Gasteiger partial charge in [0.2, 0.25) is 41.4 Å². The summed E-state index contributed by atoms with van der Waals surface area (Å²) in [5.74, 6) is -7.39. The van der Waals surface area contributed by atoms with Gasteiger partial charge in [-0.3, -0.25) is 43.3 Å². The highest BCUT2D eigenvalue weighted by Gasteiger charge is 2.40. The molecule has 2 aromatic rings. The molecule has 15 N–H and O–H groups in total. The average Bonchev–Trinajstić information content (AvgIpc) is 3.84. The fraction of sp³-hybridized carbons (Fsp3) is 0.575. The summed E-state index contributed by atoms with van der Waals surface area (Å²) in [5, 5.41) is 22.9. The van der Waals surface area contributed by atoms with Crippen LogP contribution in [0.2, 0.25) is 0 Å². The first-order valence-corrected chi connectivity index (χ1v) is 20.4. The molecule has 1 fully saturated rings. The molecule has 1 aromatic carbocycles. The minimum absolute atomic E-state index is 0.0827. The van der Waals surface area contributed by atoms with Crippen molar-refractivity contribution in [3.05, 3.63) is 36.0 Å². The van der Waals surface area contributed by atoms with E-state index in [9.17, 15) is 43.5 Å². The van der Waals surface area contributed by atoms with Crippen LogP contribution in [-0.2, 0) is 44.8 Å². The van der Waals surface area contributed by atoms with E-state index >= 15 is 0 Å². The number of hydrogen-bond acceptors (Lipinski definition) is 10. The molecule has 0 bridgehead atoms. The number of nitrogens with one attached hydrogen (secondary N) is 6. The summed E-state index contributed by atoms with van der Waals surface area (Å²) in [6.07, 6.45) is 2.33. The van der Waals surface area contributed by atoms with Crippen molar-refractivity contribution in [2.45, 2.75) is 122 Å². The molecule has 3 rings (SSSR count). The van der Waals surface area contributed by atoms with Gasteiger partial charge >= 0.3 is 5.97 Å². The van der Waals surface area contributed by atoms with Crippen LogP contribution in [0, 0.1) is 11.8 Å². The number of nitrogens with zero attached hydrogens (tertiary/aromatic N) is 2. The molecule has 1 aromatic heterocycles. The van der Waals surface area contributed by atoms with Gasteiger partial charge in [0.1, 0.15) is 36.3 Å². The summed E-state index contributed by atoms with van der Waals surface area (Å²) in [6, 6.07) is -0.954. The standard InChI is InChI=1S/C40H62N12O9/c1-20(2)16-28(35(56)51-32(21(3)4)37(58)47-22(5)39(60)61)49-34(55)29(18-31(42)53)50-36(57)30-13-9-15-52(30)38(59)27(12-8-14-45-40(43)44)48-33(54)25(41)17-23-19-46-26-11-7-6-10-24(23)26/h6-7,10-11,19-22,25,27-30,32,46H,8-9,12-18,41H2,1-5H3,(H2,42,53)(H,47,58)(H,48,54)(H,49,55)(H,50,57)(H,51,56)(H,60,61)(H4,43,44,45)/t22-,25-,27-,28-,29-,30-,32-/m0/s1. The van der Waals surface area contributed by atoms with Crippen LogP contribution in [-0.4, -0.2) is 124 Å². The van der Waals surface area contributed by atoms with Crippen LogP contribution in [0.3, 0.4) is 0 Å². The molecule has 61 heavy (non-hydrogen) atoms. The number of aliphatic carboxylic acids is 1. The quantitative estimate of drug-likeness (QED) is 0.0335. The van der Waals surface area contributed by atoms with Gasteiger partial charge in [-0.1, -0.05) is 45.9 Å². The monoisotopic (exact) mass is 854 g/mol. The zero-order valence-electron chi connectivity index (χ0n) is 35.4. The molecule has 0 aliphatic carbocycles. The number of likely N-dealkylation sites (tertiary alicyclic amines) is 1. The predicted octanol–water partition coefficient (Wildman–Crippen LogP) is -1.81. The van der Waals surface area contributed by atoms with Crippen molar-refractivity contribution in [3.63, 3.8) is 0 Å². The van der Waals surface area contributed by atoms with Crippen molar-refractivity contribution in [2.24, 2.45) is 39.8 Å². The number of amides is 7. The summed E-state index contributed by atoms with van der Waals surface area (Å²) in [6.45, 7) is 8.43. The molecule has 7 amide bonds. The lowest BCUT2D eigenvalue weighted by molar-refractivity contribution is -0.143. The van der Waals surface area contributed by atoms with E-state index in [1.807, 2.05) is 24.3 Å². The smallest absolute Gasteiger partial charge is 0.325 e. The Balaban J connectivity index is 1.78. The molecule has 1 aliphatic heterocycles. The van der Waals surface area contributed by atoms with E-state index in [1.165, 1.54) is 11.8 Å². The molecule has 0 unspecified atom stereocenters. The molecule has 336 valence electrons. The predicted molar refractivity (Wildman–Crippen MR) is 226 cm³/mol. The van der Waals surface area contributed by atoms with E-state index in [0.29, 0.717) is 6.42 Å². The summed E-state index contributed by atoms with van der Waals surface area (Å²) in [5.41, 5.74) is 24.5. The number of aromatic amines is 1. The van der Waals surface area contributed by atoms with Gasteiger partial charge in [0.25, 0.3) is 0 Å². The van der Waals surface area contributed by atoms with Crippen LogP contribution in [0.5, 0.6) is 0 Å². The van der Waals surface area contributed by atoms with Crippen LogP contribution in [0.4, 0.5) is 0 Å². The van der Waals surface area contributed by atoms with E-state index in [0.717, 1.165) is 16.5 Å². The maximum atomic E-state index is 14.2. The lowest BCUT2D eigenvalue weighted by Crippen LogP contribution is -2.60. The summed E-state index contributed by atoms with van der Waals surface area (Å²) in [4.78, 5) is 114. The first-order valence-electron chi connectivity index (χ1n) is 20.4. The molecule has 0 saturated carbocycles. The van der Waals surface area contributed by atoms with Crippen LogP contribution in [0.25, 0.3) is 10.9 Å². The molecule has 21 heteroatoms. The van der Waals surface area contributed by atoms with E-state index in [2.05, 4.69) is 36.6 Å². The zero-order chi connectivity index (χ0) is 45.6. The number of guanidine groups is 1. The molecule has 21 nitrogen and oxygen atoms in total. The first-order chi connectivity index (χ1) is 28.7. The number of nitrogens with two attached hydrogens (primary N) is 4. The zero-order valence-corrected chi connectivity index (χ0v) is 35.4. The number of aromatic nitrogens is 1. The Morgan fingerprint density at radius 1 is 0.852 bits per heavy atom. The Bertz CT molecular complexity index is 1930. The molecule has 7 atom stereocenters. The minimum atomic E-state index is -1.57. The number of rotatable bonds is 23. The van der Waals surface area contributed by atoms with E-state index in [-0.39, 0.29) is 57.1 Å². The topological polar surface area (TPSA) is 352 Å². The molecular formula is C40H62N12O9. The van der Waals surface area contributed by atoms with Gasteiger partial charge < -0.3 is 64.5 Å². The van der Waals surface area contributed by atoms with E-state index < -0.39 is 102 Å². The Labute approximate surface area is 354 Å². The Kier molecular flexibility index (Phi) is 18.5. The molecule has 1 saturated heterocycles. The highest BCUT2D eigenvalue weighted by molar-refractivity contribution is 5.98. The highest BCUT2D eigenvalue weighted by Crippen LogP contribution is 2.22. The maximum absolute atomic E-state index is 14.2. The number of carbonyl (C=O) groups is 8. The molecule has 0 radical (unpaired) electrons. The second kappa shape index (κ2) is 22.9. The van der Waals surface area contributed by atoms with Crippen molar-refractivity contribution >= 4 is 64.2 Å². The van der Waals surface area contributed by atoms with Gasteiger partial charge in [-0.25, -0.2) is 0 Å². The number of carboxylic acids is 1. The fourth-order valence-corrected chi connectivity index (χ4v) is 6.98. The molecular weight excluding hydrogens is 793 g/mol. The van der Waals surface area contributed by atoms with Crippen molar-refractivity contribution in [2.75, 3.05) is 13.1 Å². The number of carboxylic acid groups (broad SMARTS) is 1. The number of aliphatic imine (C=N–C) groups is 1. The summed E-state index contributed by atoms with van der Waals surface area (Å²) >= 11 is 0. The van der Waals surface area contributed by atoms with E-state index in [4.69, 9.17) is 22.9 Å². The normalized spacial score (nSPS) is 16.7. The minimum Gasteiger partial charge on any atom is -0.480 e. The number of carbonyl (C=O) groups excluding carboxylic acids is 7. The number of H-pyrrole nitrogens is 1. The van der Waals surface area contributed by atoms with Gasteiger partial charge in [-0.2, -0.15) is 0 Å². The summed E-state index contributed by atoms with van der Waals surface area (Å²) in [7, 11) is 0. The van der Waals surface area contributed by atoms with Gasteiger partial charge in [0.05, 0.1) is 12.5 Å². The largest absolute Gasteiger partial charge is 0.480 e. The van der Waals surface area contributed by atoms with Gasteiger partial charge in [-0.05, 0) is 68.9 Å². The third-order valence-electron chi connectivity index (χ3n) is 10.2. The van der Waals surface area contributed by atoms with Crippen molar-refractivity contribution < 1.29 is 43.5 Å². The number of para-hydroxylation sites is 1. The number of hydrogen-bond donors (Lipinski definition) is 11. The van der Waals surface area contributed by atoms with Gasteiger partial charge in [0.15, 0.2) is 5.96 Å². The average molecular weight is 855 g/mol. The van der Waals surface area contributed by atoms with Crippen molar-refractivity contribution in [1.29, 1.82) is 0 Å². The number of fused-ring (bicyclic) bond motifs is 1. The second-order valence-corrected chi connectivity index (χ2v) is 16.1. The van der Waals surface area contributed by atoms with Crippen molar-refractivity contribution in [1.82, 2.24) is 36.5 Å². The lowest BCUT2D eigenvalue weighted by atomic mass is 9.99. The molecule has 0 spiro atoms. The molecule has 2 heterocycles. The van der Waals surface area contributed by atoms with Crippen molar-refractivity contribution in [3.8, 4) is 0 Å². The van der Waals surface area contributed by atoms with Gasteiger partial charge in [0, 0.05) is 30.2 Å². The Morgan fingerprint density at radius 2 is 1.51 bits per heavy atom. The van der Waals surface area contributed by atoms with E-state index in [1.54, 1.807) is 33.9 Å². The fourth-order valence-electron chi connectivity index (χ4n) is 6.98. The third-order valence-corrected chi connectivity index (χ3v) is 10.2. The molecule has 1 aliphatic rings. The van der Waals surface area contributed by atoms with Crippen LogP contribution in [0.1, 0.15) is 78.7 Å². The Morgan fingerprint density at radius 3 is 2.13 bits per heavy atom. The third kappa shape index (κ3) is 14.8. The summed E-state index contributed by atoms with van der Waals surface area (Å²) < 4.78 is 0. The van der Waals surface area contributed by atoms with Crippen LogP contribution < -0.4 is 49.5 Å². The number of benzene rings is 1.